The van der Waals surface area contributed by atoms with Crippen molar-refractivity contribution in [3.05, 3.63) is 77.5 Å². The van der Waals surface area contributed by atoms with Crippen LogP contribution in [0.5, 0.6) is 0 Å². The van der Waals surface area contributed by atoms with E-state index in [1.165, 1.54) is 42.7 Å². The molecule has 0 saturated heterocycles. The maximum atomic E-state index is 14.8. The summed E-state index contributed by atoms with van der Waals surface area (Å²) in [6.07, 6.45) is 4.35. The van der Waals surface area contributed by atoms with Crippen LogP contribution in [0.25, 0.3) is 11.0 Å². The lowest BCUT2D eigenvalue weighted by Crippen LogP contribution is -2.15. The van der Waals surface area contributed by atoms with Gasteiger partial charge < -0.3 is 0 Å². The first-order valence-electron chi connectivity index (χ1n) is 8.45. The van der Waals surface area contributed by atoms with Crippen molar-refractivity contribution in [3.8, 4) is 17.9 Å². The fourth-order valence-corrected chi connectivity index (χ4v) is 3.63. The van der Waals surface area contributed by atoms with E-state index in [9.17, 15) is 12.8 Å². The monoisotopic (exact) mass is 418 g/mol. The Morgan fingerprint density at radius 2 is 1.93 bits per heavy atom. The number of aromatic amines is 1. The number of rotatable bonds is 3. The van der Waals surface area contributed by atoms with E-state index in [1.807, 2.05) is 6.07 Å². The number of benzene rings is 1. The van der Waals surface area contributed by atoms with Gasteiger partial charge in [0, 0.05) is 23.3 Å². The normalized spacial score (nSPS) is 10.8. The van der Waals surface area contributed by atoms with Gasteiger partial charge in [-0.2, -0.15) is 10.4 Å². The number of fused-ring (bicyclic) bond motifs is 1. The summed E-state index contributed by atoms with van der Waals surface area (Å²) in [5.41, 5.74) is 1.26. The van der Waals surface area contributed by atoms with Crippen molar-refractivity contribution in [1.29, 1.82) is 5.26 Å². The molecule has 4 aromatic rings. The van der Waals surface area contributed by atoms with Crippen LogP contribution in [0.4, 0.5) is 10.2 Å². The highest BCUT2D eigenvalue weighted by molar-refractivity contribution is 7.92. The van der Waals surface area contributed by atoms with Crippen molar-refractivity contribution in [1.82, 2.24) is 20.2 Å². The molecule has 0 aliphatic heterocycles. The fourth-order valence-electron chi connectivity index (χ4n) is 2.57. The zero-order valence-corrected chi connectivity index (χ0v) is 15.9. The van der Waals surface area contributed by atoms with E-state index in [2.05, 4.69) is 36.7 Å². The van der Waals surface area contributed by atoms with Gasteiger partial charge in [-0.15, -0.1) is 0 Å². The molecule has 0 bridgehead atoms. The van der Waals surface area contributed by atoms with Crippen LogP contribution in [0.3, 0.4) is 0 Å². The lowest BCUT2D eigenvalue weighted by Gasteiger charge is -2.09. The minimum absolute atomic E-state index is 0.0410. The minimum Gasteiger partial charge on any atom is -0.261 e. The molecule has 0 spiro atoms. The molecule has 3 aromatic heterocycles. The van der Waals surface area contributed by atoms with Crippen LogP contribution >= 0.6 is 0 Å². The van der Waals surface area contributed by atoms with Crippen molar-refractivity contribution in [2.45, 2.75) is 4.90 Å². The van der Waals surface area contributed by atoms with Gasteiger partial charge >= 0.3 is 0 Å². The molecule has 3 heterocycles. The Kier molecular flexibility index (Phi) is 4.84. The number of aromatic nitrogens is 4. The molecule has 0 aliphatic rings. The van der Waals surface area contributed by atoms with Gasteiger partial charge in [-0.25, -0.2) is 22.8 Å². The fraction of sp³-hybridized carbons (Fsp3) is 0. The second-order valence-corrected chi connectivity index (χ2v) is 7.73. The molecule has 8 nitrogen and oxygen atoms in total. The Bertz CT molecular complexity index is 1480. The van der Waals surface area contributed by atoms with Gasteiger partial charge in [0.25, 0.3) is 10.0 Å². The highest BCUT2D eigenvalue weighted by atomic mass is 32.2. The topological polar surface area (TPSA) is 124 Å². The standard InChI is InChI=1S/C20H11FN6O2S/c21-18-15(5-4-14-8-16-12-25-26-19(16)24-11-14)6-7-23-20(18)27-30(28,29)17-3-1-2-13(9-17)10-22/h1-3,6-9,11-12H,(H,23,27)(H,24,25,26). The molecule has 0 atom stereocenters. The van der Waals surface area contributed by atoms with Crippen molar-refractivity contribution < 1.29 is 12.8 Å². The van der Waals surface area contributed by atoms with Crippen LogP contribution in [0.15, 0.2) is 59.9 Å². The SMILES string of the molecule is N#Cc1cccc(S(=O)(=O)Nc2nccc(C#Cc3cnc4[nH]ncc4c3)c2F)c1. The number of hydrogen-bond donors (Lipinski definition) is 2. The first-order valence-corrected chi connectivity index (χ1v) is 9.93. The van der Waals surface area contributed by atoms with E-state index in [-0.39, 0.29) is 16.0 Å². The Morgan fingerprint density at radius 1 is 1.07 bits per heavy atom. The first kappa shape index (κ1) is 19.1. The summed E-state index contributed by atoms with van der Waals surface area (Å²) in [6, 6.07) is 10.3. The molecule has 4 rings (SSSR count). The Morgan fingerprint density at radius 3 is 2.77 bits per heavy atom. The first-order chi connectivity index (χ1) is 14.5. The number of hydrogen-bond acceptors (Lipinski definition) is 6. The number of halogens is 1. The third kappa shape index (κ3) is 3.81. The summed E-state index contributed by atoms with van der Waals surface area (Å²) in [7, 11) is -4.14. The van der Waals surface area contributed by atoms with Gasteiger partial charge in [0.2, 0.25) is 0 Å². The molecule has 2 N–H and O–H groups in total. The molecule has 0 saturated carbocycles. The summed E-state index contributed by atoms with van der Waals surface area (Å²) < 4.78 is 42.0. The lowest BCUT2D eigenvalue weighted by molar-refractivity contribution is 0.597. The van der Waals surface area contributed by atoms with Crippen LogP contribution < -0.4 is 4.72 Å². The molecule has 146 valence electrons. The quantitative estimate of drug-likeness (QED) is 0.493. The third-order valence-corrected chi connectivity index (χ3v) is 5.36. The van der Waals surface area contributed by atoms with E-state index in [0.29, 0.717) is 11.2 Å². The molecular formula is C20H11FN6O2S. The second kappa shape index (κ2) is 7.62. The van der Waals surface area contributed by atoms with Crippen LogP contribution in [-0.4, -0.2) is 28.6 Å². The van der Waals surface area contributed by atoms with Gasteiger partial charge in [-0.05, 0) is 30.3 Å². The molecule has 1 aromatic carbocycles. The van der Waals surface area contributed by atoms with Gasteiger partial charge in [0.05, 0.1) is 28.3 Å². The molecule has 0 amide bonds. The van der Waals surface area contributed by atoms with Crippen LogP contribution in [0.1, 0.15) is 16.7 Å². The Labute approximate surface area is 170 Å². The van der Waals surface area contributed by atoms with E-state index in [0.717, 1.165) is 5.39 Å². The third-order valence-electron chi connectivity index (χ3n) is 4.03. The number of nitriles is 1. The summed E-state index contributed by atoms with van der Waals surface area (Å²) >= 11 is 0. The molecular weight excluding hydrogens is 407 g/mol. The zero-order valence-electron chi connectivity index (χ0n) is 15.1. The summed E-state index contributed by atoms with van der Waals surface area (Å²) in [5.74, 6) is 4.03. The average Bonchev–Trinajstić information content (AvgIpc) is 3.22. The zero-order chi connectivity index (χ0) is 21.1. The number of nitrogens with zero attached hydrogens (tertiary/aromatic N) is 4. The maximum Gasteiger partial charge on any atom is 0.263 e. The smallest absolute Gasteiger partial charge is 0.261 e. The molecule has 0 fully saturated rings. The van der Waals surface area contributed by atoms with Crippen molar-refractivity contribution in [3.63, 3.8) is 0 Å². The molecule has 0 radical (unpaired) electrons. The van der Waals surface area contributed by atoms with Crippen LogP contribution in [0, 0.1) is 29.0 Å². The molecule has 0 aliphatic carbocycles. The maximum absolute atomic E-state index is 14.8. The number of anilines is 1. The van der Waals surface area contributed by atoms with Crippen LogP contribution in [-0.2, 0) is 10.0 Å². The van der Waals surface area contributed by atoms with Crippen molar-refractivity contribution in [2.24, 2.45) is 0 Å². The highest BCUT2D eigenvalue weighted by Gasteiger charge is 2.19. The number of nitrogens with one attached hydrogen (secondary N) is 2. The van der Waals surface area contributed by atoms with Crippen LogP contribution in [0.2, 0.25) is 0 Å². The second-order valence-electron chi connectivity index (χ2n) is 6.05. The van der Waals surface area contributed by atoms with E-state index >= 15 is 0 Å². The van der Waals surface area contributed by atoms with Gasteiger partial charge in [0.15, 0.2) is 17.3 Å². The number of pyridine rings is 2. The van der Waals surface area contributed by atoms with Crippen molar-refractivity contribution >= 4 is 26.9 Å². The largest absolute Gasteiger partial charge is 0.263 e. The number of H-pyrrole nitrogens is 1. The Balaban J connectivity index is 1.64. The predicted molar refractivity (Wildman–Crippen MR) is 106 cm³/mol. The summed E-state index contributed by atoms with van der Waals surface area (Å²) in [5, 5.41) is 16.3. The molecule has 0 unspecified atom stereocenters. The summed E-state index contributed by atoms with van der Waals surface area (Å²) in [6.45, 7) is 0. The van der Waals surface area contributed by atoms with Gasteiger partial charge in [0.1, 0.15) is 0 Å². The van der Waals surface area contributed by atoms with Crippen molar-refractivity contribution in [2.75, 3.05) is 4.72 Å². The van der Waals surface area contributed by atoms with E-state index in [1.54, 1.807) is 12.3 Å². The molecule has 30 heavy (non-hydrogen) atoms. The summed E-state index contributed by atoms with van der Waals surface area (Å²) in [4.78, 5) is 7.72. The van der Waals surface area contributed by atoms with Gasteiger partial charge in [-0.3, -0.25) is 9.82 Å². The van der Waals surface area contributed by atoms with E-state index in [4.69, 9.17) is 5.26 Å². The van der Waals surface area contributed by atoms with Gasteiger partial charge in [-0.1, -0.05) is 17.9 Å². The van der Waals surface area contributed by atoms with E-state index < -0.39 is 21.7 Å². The molecule has 10 heteroatoms. The highest BCUT2D eigenvalue weighted by Crippen LogP contribution is 2.20. The minimum atomic E-state index is -4.14. The Hall–Kier alpha value is -4.28. The average molecular weight is 418 g/mol. The predicted octanol–water partition coefficient (Wildman–Crippen LogP) is 2.56. The number of sulfonamides is 1. The lowest BCUT2D eigenvalue weighted by atomic mass is 10.2.